The number of likely N-dealkylation sites (N-methyl/N-ethyl adjacent to an activating group) is 1. The van der Waals surface area contributed by atoms with E-state index in [1.807, 2.05) is 19.0 Å². The Morgan fingerprint density at radius 3 is 2.48 bits per heavy atom. The fourth-order valence-electron chi connectivity index (χ4n) is 3.40. The van der Waals surface area contributed by atoms with Crippen LogP contribution in [0, 0.1) is 5.92 Å². The summed E-state index contributed by atoms with van der Waals surface area (Å²) >= 11 is 0. The molecule has 1 aromatic carbocycles. The van der Waals surface area contributed by atoms with Gasteiger partial charge in [0.15, 0.2) is 11.5 Å². The number of phenolic OH excluding ortho intramolecular Hbond substituents is 1. The average Bonchev–Trinajstić information content (AvgIpc) is 2.62. The zero-order chi connectivity index (χ0) is 19.1. The predicted molar refractivity (Wildman–Crippen MR) is 113 cm³/mol. The Labute approximate surface area is 169 Å². The van der Waals surface area contributed by atoms with Crippen molar-refractivity contribution in [3.05, 3.63) is 29.8 Å². The van der Waals surface area contributed by atoms with Crippen LogP contribution >= 0.6 is 12.4 Å². The highest BCUT2D eigenvalue weighted by molar-refractivity contribution is 5.92. The van der Waals surface area contributed by atoms with E-state index in [9.17, 15) is 9.90 Å². The van der Waals surface area contributed by atoms with Crippen LogP contribution < -0.4 is 4.74 Å². The maximum atomic E-state index is 12.9. The van der Waals surface area contributed by atoms with Gasteiger partial charge in [-0.25, -0.2) is 0 Å². The van der Waals surface area contributed by atoms with Crippen LogP contribution in [0.2, 0.25) is 0 Å². The van der Waals surface area contributed by atoms with E-state index in [1.54, 1.807) is 30.4 Å². The standard InChI is InChI=1S/C21H32N2O3.ClH/c1-16-5-9-18(10-6-16)23(14-13-22(2)3)21(25)12-8-17-7-11-19(24)20(15-17)26-4;/h7-8,11-12,15-16,18,24H,5-6,9-10,13-14H2,1-4H3;1H/b12-8+;/t16-,18-;. The molecule has 0 atom stereocenters. The van der Waals surface area contributed by atoms with Gasteiger partial charge in [-0.05, 0) is 69.5 Å². The average molecular weight is 397 g/mol. The third-order valence-electron chi connectivity index (χ3n) is 5.12. The molecule has 5 nitrogen and oxygen atoms in total. The third kappa shape index (κ3) is 7.07. The number of carbonyl (C=O) groups is 1. The molecular formula is C21H33ClN2O3. The quantitative estimate of drug-likeness (QED) is 0.712. The minimum absolute atomic E-state index is 0. The van der Waals surface area contributed by atoms with Gasteiger partial charge in [0.05, 0.1) is 7.11 Å². The number of halogens is 1. The molecule has 0 heterocycles. The topological polar surface area (TPSA) is 53.0 Å². The molecule has 2 rings (SSSR count). The molecule has 1 amide bonds. The number of benzene rings is 1. The molecule has 1 N–H and O–H groups in total. The monoisotopic (exact) mass is 396 g/mol. The number of nitrogens with zero attached hydrogens (tertiary/aromatic N) is 2. The molecule has 1 saturated carbocycles. The summed E-state index contributed by atoms with van der Waals surface area (Å²) in [5, 5.41) is 9.69. The van der Waals surface area contributed by atoms with E-state index in [-0.39, 0.29) is 24.1 Å². The van der Waals surface area contributed by atoms with Crippen LogP contribution in [0.25, 0.3) is 6.08 Å². The number of aromatic hydroxyl groups is 1. The van der Waals surface area contributed by atoms with E-state index in [4.69, 9.17) is 4.74 Å². The van der Waals surface area contributed by atoms with Gasteiger partial charge in [-0.15, -0.1) is 12.4 Å². The number of phenols is 1. The van der Waals surface area contributed by atoms with Gasteiger partial charge < -0.3 is 19.6 Å². The molecule has 1 aliphatic rings. The molecule has 152 valence electrons. The van der Waals surface area contributed by atoms with Crippen molar-refractivity contribution in [2.75, 3.05) is 34.3 Å². The molecule has 0 unspecified atom stereocenters. The summed E-state index contributed by atoms with van der Waals surface area (Å²) in [4.78, 5) is 17.0. The van der Waals surface area contributed by atoms with Crippen molar-refractivity contribution in [1.29, 1.82) is 0 Å². The number of ether oxygens (including phenoxy) is 1. The van der Waals surface area contributed by atoms with E-state index in [2.05, 4.69) is 11.8 Å². The lowest BCUT2D eigenvalue weighted by atomic mass is 9.86. The molecule has 0 aromatic heterocycles. The Balaban J connectivity index is 0.00000364. The van der Waals surface area contributed by atoms with Gasteiger partial charge in [0, 0.05) is 25.2 Å². The van der Waals surface area contributed by atoms with Crippen molar-refractivity contribution in [3.63, 3.8) is 0 Å². The smallest absolute Gasteiger partial charge is 0.246 e. The molecule has 1 aliphatic carbocycles. The zero-order valence-corrected chi connectivity index (χ0v) is 17.7. The maximum Gasteiger partial charge on any atom is 0.246 e. The molecule has 0 spiro atoms. The van der Waals surface area contributed by atoms with E-state index in [0.29, 0.717) is 11.8 Å². The highest BCUT2D eigenvalue weighted by Crippen LogP contribution is 2.28. The second-order valence-electron chi connectivity index (χ2n) is 7.51. The summed E-state index contributed by atoms with van der Waals surface area (Å²) in [6.45, 7) is 3.90. The van der Waals surface area contributed by atoms with E-state index in [0.717, 1.165) is 37.4 Å². The van der Waals surface area contributed by atoms with Gasteiger partial charge in [0.25, 0.3) is 0 Å². The third-order valence-corrected chi connectivity index (χ3v) is 5.12. The van der Waals surface area contributed by atoms with Crippen molar-refractivity contribution in [2.45, 2.75) is 38.6 Å². The van der Waals surface area contributed by atoms with Gasteiger partial charge in [-0.2, -0.15) is 0 Å². The SMILES string of the molecule is COc1cc(/C=C/C(=O)N(CCN(C)C)[C@H]2CC[C@H](C)CC2)ccc1O.Cl. The molecular weight excluding hydrogens is 364 g/mol. The van der Waals surface area contributed by atoms with Crippen LogP contribution in [0.5, 0.6) is 11.5 Å². The lowest BCUT2D eigenvalue weighted by Crippen LogP contribution is -2.44. The van der Waals surface area contributed by atoms with Crippen LogP contribution in [0.3, 0.4) is 0 Å². The summed E-state index contributed by atoms with van der Waals surface area (Å²) < 4.78 is 5.13. The van der Waals surface area contributed by atoms with E-state index < -0.39 is 0 Å². The second-order valence-corrected chi connectivity index (χ2v) is 7.51. The number of rotatable bonds is 7. The highest BCUT2D eigenvalue weighted by atomic mass is 35.5. The summed E-state index contributed by atoms with van der Waals surface area (Å²) in [5.41, 5.74) is 0.831. The van der Waals surface area contributed by atoms with Crippen LogP contribution in [-0.4, -0.2) is 61.2 Å². The molecule has 6 heteroatoms. The van der Waals surface area contributed by atoms with Crippen LogP contribution in [-0.2, 0) is 4.79 Å². The predicted octanol–water partition coefficient (Wildman–Crippen LogP) is 3.80. The second kappa shape index (κ2) is 11.2. The Kier molecular flexibility index (Phi) is 9.67. The van der Waals surface area contributed by atoms with E-state index in [1.165, 1.54) is 20.0 Å². The van der Waals surface area contributed by atoms with Gasteiger partial charge in [-0.1, -0.05) is 13.0 Å². The van der Waals surface area contributed by atoms with Gasteiger partial charge in [0.1, 0.15) is 0 Å². The Morgan fingerprint density at radius 1 is 1.22 bits per heavy atom. The van der Waals surface area contributed by atoms with Gasteiger partial charge >= 0.3 is 0 Å². The van der Waals surface area contributed by atoms with Crippen molar-refractivity contribution >= 4 is 24.4 Å². The number of methoxy groups -OCH3 is 1. The van der Waals surface area contributed by atoms with Gasteiger partial charge in [-0.3, -0.25) is 4.79 Å². The summed E-state index contributed by atoms with van der Waals surface area (Å²) in [6.07, 6.45) is 7.98. The van der Waals surface area contributed by atoms with Gasteiger partial charge in [0.2, 0.25) is 5.91 Å². The minimum atomic E-state index is 0. The van der Waals surface area contributed by atoms with Crippen molar-refractivity contribution in [3.8, 4) is 11.5 Å². The van der Waals surface area contributed by atoms with Crippen LogP contribution in [0.4, 0.5) is 0 Å². The first-order valence-electron chi connectivity index (χ1n) is 9.41. The van der Waals surface area contributed by atoms with Crippen LogP contribution in [0.15, 0.2) is 24.3 Å². The molecule has 27 heavy (non-hydrogen) atoms. The molecule has 0 saturated heterocycles. The Morgan fingerprint density at radius 2 is 1.89 bits per heavy atom. The lowest BCUT2D eigenvalue weighted by Gasteiger charge is -2.36. The zero-order valence-electron chi connectivity index (χ0n) is 16.9. The number of hydrogen-bond donors (Lipinski definition) is 1. The Bertz CT molecular complexity index is 626. The van der Waals surface area contributed by atoms with Crippen LogP contribution in [0.1, 0.15) is 38.2 Å². The first kappa shape index (κ1) is 23.3. The molecule has 0 aliphatic heterocycles. The Hall–Kier alpha value is -1.72. The first-order chi connectivity index (χ1) is 12.4. The van der Waals surface area contributed by atoms with Crippen molar-refractivity contribution in [2.24, 2.45) is 5.92 Å². The minimum Gasteiger partial charge on any atom is -0.504 e. The summed E-state index contributed by atoms with van der Waals surface area (Å²) in [6, 6.07) is 5.41. The van der Waals surface area contributed by atoms with Crippen molar-refractivity contribution in [1.82, 2.24) is 9.80 Å². The molecule has 1 fully saturated rings. The first-order valence-corrected chi connectivity index (χ1v) is 9.41. The lowest BCUT2D eigenvalue weighted by molar-refractivity contribution is -0.129. The molecule has 0 radical (unpaired) electrons. The highest BCUT2D eigenvalue weighted by Gasteiger charge is 2.26. The molecule has 1 aromatic rings. The summed E-state index contributed by atoms with van der Waals surface area (Å²) in [5.74, 6) is 1.32. The fourth-order valence-corrected chi connectivity index (χ4v) is 3.40. The number of carbonyl (C=O) groups excluding carboxylic acids is 1. The number of hydrogen-bond acceptors (Lipinski definition) is 4. The largest absolute Gasteiger partial charge is 0.504 e. The summed E-state index contributed by atoms with van der Waals surface area (Å²) in [7, 11) is 5.58. The normalized spacial score (nSPS) is 19.7. The number of amides is 1. The fraction of sp³-hybridized carbons (Fsp3) is 0.571. The molecule has 0 bridgehead atoms. The van der Waals surface area contributed by atoms with E-state index >= 15 is 0 Å². The maximum absolute atomic E-state index is 12.9. The van der Waals surface area contributed by atoms with Crippen molar-refractivity contribution < 1.29 is 14.6 Å².